The molecule has 2 heterocycles. The van der Waals surface area contributed by atoms with Gasteiger partial charge in [-0.2, -0.15) is 0 Å². The van der Waals surface area contributed by atoms with Crippen molar-refractivity contribution < 1.29 is 4.79 Å². The van der Waals surface area contributed by atoms with Crippen LogP contribution in [0.5, 0.6) is 0 Å². The maximum absolute atomic E-state index is 10.9. The van der Waals surface area contributed by atoms with Crippen molar-refractivity contribution in [1.29, 1.82) is 0 Å². The third kappa shape index (κ3) is 2.45. The van der Waals surface area contributed by atoms with E-state index in [1.165, 1.54) is 4.90 Å². The molecule has 0 fully saturated rings. The number of imidazole rings is 1. The molecule has 1 aromatic carbocycles. The zero-order valence-electron chi connectivity index (χ0n) is 11.9. The molecule has 4 nitrogen and oxygen atoms in total. The molecule has 0 aliphatic heterocycles. The number of hydrogen-bond acceptors (Lipinski definition) is 4. The molecule has 5 heteroatoms. The van der Waals surface area contributed by atoms with Crippen molar-refractivity contribution in [3.8, 4) is 11.4 Å². The van der Waals surface area contributed by atoms with Crippen molar-refractivity contribution in [3.63, 3.8) is 0 Å². The standard InChI is InChI=1S/C16H15N3OS/c1-3-21-14-7-5-4-6-12(14)15-18-13-8-11(10-20)9-17-16(13)19(15)2/h4-10H,3H2,1-2H3. The maximum Gasteiger partial charge on any atom is 0.160 e. The number of carbonyl (C=O) groups excluding carboxylic acids is 1. The molecule has 0 unspecified atom stereocenters. The maximum atomic E-state index is 10.9. The van der Waals surface area contributed by atoms with E-state index in [9.17, 15) is 4.79 Å². The Morgan fingerprint density at radius 3 is 2.90 bits per heavy atom. The third-order valence-corrected chi connectivity index (χ3v) is 4.25. The van der Waals surface area contributed by atoms with Crippen LogP contribution < -0.4 is 0 Å². The quantitative estimate of drug-likeness (QED) is 0.546. The van der Waals surface area contributed by atoms with Gasteiger partial charge in [-0.15, -0.1) is 11.8 Å². The van der Waals surface area contributed by atoms with Gasteiger partial charge in [-0.05, 0) is 17.9 Å². The summed E-state index contributed by atoms with van der Waals surface area (Å²) in [5, 5.41) is 0. The van der Waals surface area contributed by atoms with Crippen LogP contribution in [0.25, 0.3) is 22.6 Å². The number of aromatic nitrogens is 3. The number of pyridine rings is 1. The first-order chi connectivity index (χ1) is 10.2. The summed E-state index contributed by atoms with van der Waals surface area (Å²) in [5.41, 5.74) is 3.17. The number of benzene rings is 1. The Balaban J connectivity index is 2.21. The van der Waals surface area contributed by atoms with E-state index in [0.29, 0.717) is 5.56 Å². The van der Waals surface area contributed by atoms with E-state index < -0.39 is 0 Å². The molecular weight excluding hydrogens is 282 g/mol. The zero-order chi connectivity index (χ0) is 14.8. The van der Waals surface area contributed by atoms with Crippen molar-refractivity contribution in [3.05, 3.63) is 42.1 Å². The second kappa shape index (κ2) is 5.69. The van der Waals surface area contributed by atoms with Crippen LogP contribution in [0.2, 0.25) is 0 Å². The van der Waals surface area contributed by atoms with Crippen LogP contribution in [-0.4, -0.2) is 26.6 Å². The molecule has 0 saturated heterocycles. The van der Waals surface area contributed by atoms with Gasteiger partial charge in [0, 0.05) is 29.3 Å². The predicted molar refractivity (Wildman–Crippen MR) is 85.7 cm³/mol. The van der Waals surface area contributed by atoms with Gasteiger partial charge >= 0.3 is 0 Å². The van der Waals surface area contributed by atoms with Gasteiger partial charge in [0.15, 0.2) is 11.9 Å². The van der Waals surface area contributed by atoms with Gasteiger partial charge in [0.25, 0.3) is 0 Å². The van der Waals surface area contributed by atoms with Crippen LogP contribution in [0.15, 0.2) is 41.4 Å². The van der Waals surface area contributed by atoms with E-state index in [4.69, 9.17) is 0 Å². The molecule has 106 valence electrons. The summed E-state index contributed by atoms with van der Waals surface area (Å²) in [4.78, 5) is 21.1. The minimum atomic E-state index is 0.545. The van der Waals surface area contributed by atoms with Gasteiger partial charge in [-0.1, -0.05) is 25.1 Å². The minimum Gasteiger partial charge on any atom is -0.312 e. The third-order valence-electron chi connectivity index (χ3n) is 3.29. The van der Waals surface area contributed by atoms with E-state index in [-0.39, 0.29) is 0 Å². The fourth-order valence-corrected chi connectivity index (χ4v) is 3.13. The lowest BCUT2D eigenvalue weighted by molar-refractivity contribution is 0.112. The van der Waals surface area contributed by atoms with Gasteiger partial charge < -0.3 is 4.57 Å². The molecule has 0 aliphatic rings. The summed E-state index contributed by atoms with van der Waals surface area (Å²) in [6.45, 7) is 2.13. The van der Waals surface area contributed by atoms with E-state index in [1.807, 2.05) is 23.7 Å². The van der Waals surface area contributed by atoms with Crippen LogP contribution in [0, 0.1) is 0 Å². The topological polar surface area (TPSA) is 47.8 Å². The van der Waals surface area contributed by atoms with Crippen LogP contribution in [0.4, 0.5) is 0 Å². The Hall–Kier alpha value is -2.14. The first kappa shape index (κ1) is 13.8. The first-order valence-corrected chi connectivity index (χ1v) is 7.73. The summed E-state index contributed by atoms with van der Waals surface area (Å²) in [6.07, 6.45) is 2.37. The molecule has 0 amide bonds. The Labute approximate surface area is 127 Å². The lowest BCUT2D eigenvalue weighted by Crippen LogP contribution is -1.95. The Morgan fingerprint density at radius 2 is 2.14 bits per heavy atom. The van der Waals surface area contributed by atoms with Gasteiger partial charge in [-0.25, -0.2) is 9.97 Å². The number of aryl methyl sites for hydroxylation is 1. The average Bonchev–Trinajstić information content (AvgIpc) is 2.84. The van der Waals surface area contributed by atoms with Gasteiger partial charge in [0.05, 0.1) is 0 Å². The van der Waals surface area contributed by atoms with Gasteiger partial charge in [-0.3, -0.25) is 4.79 Å². The highest BCUT2D eigenvalue weighted by Crippen LogP contribution is 2.31. The fraction of sp³-hybridized carbons (Fsp3) is 0.188. The van der Waals surface area contributed by atoms with E-state index >= 15 is 0 Å². The summed E-state index contributed by atoms with van der Waals surface area (Å²) in [5.74, 6) is 1.88. The molecular formula is C16H15N3OS. The molecule has 0 atom stereocenters. The van der Waals surface area contributed by atoms with Crippen molar-refractivity contribution in [1.82, 2.24) is 14.5 Å². The molecule has 3 aromatic rings. The second-order valence-electron chi connectivity index (χ2n) is 4.65. The molecule has 2 aromatic heterocycles. The summed E-state index contributed by atoms with van der Waals surface area (Å²) in [7, 11) is 1.95. The number of hydrogen-bond donors (Lipinski definition) is 0. The average molecular weight is 297 g/mol. The number of nitrogens with zero attached hydrogens (tertiary/aromatic N) is 3. The number of fused-ring (bicyclic) bond motifs is 1. The largest absolute Gasteiger partial charge is 0.312 e. The first-order valence-electron chi connectivity index (χ1n) is 6.74. The summed E-state index contributed by atoms with van der Waals surface area (Å²) >= 11 is 1.79. The van der Waals surface area contributed by atoms with Crippen molar-refractivity contribution in [2.75, 3.05) is 5.75 Å². The van der Waals surface area contributed by atoms with E-state index in [0.717, 1.165) is 34.6 Å². The van der Waals surface area contributed by atoms with Crippen molar-refractivity contribution >= 4 is 29.2 Å². The number of thioether (sulfide) groups is 1. The van der Waals surface area contributed by atoms with Crippen LogP contribution >= 0.6 is 11.8 Å². The molecule has 21 heavy (non-hydrogen) atoms. The molecule has 0 aliphatic carbocycles. The molecule has 0 spiro atoms. The number of aldehydes is 1. The normalized spacial score (nSPS) is 11.0. The zero-order valence-corrected chi connectivity index (χ0v) is 12.7. The molecule has 0 bridgehead atoms. The second-order valence-corrected chi connectivity index (χ2v) is 5.96. The van der Waals surface area contributed by atoms with Gasteiger partial charge in [0.2, 0.25) is 0 Å². The van der Waals surface area contributed by atoms with Crippen molar-refractivity contribution in [2.45, 2.75) is 11.8 Å². The molecule has 0 radical (unpaired) electrons. The minimum absolute atomic E-state index is 0.545. The van der Waals surface area contributed by atoms with Crippen LogP contribution in [0.3, 0.4) is 0 Å². The Kier molecular flexibility index (Phi) is 3.75. The highest BCUT2D eigenvalue weighted by atomic mass is 32.2. The fourth-order valence-electron chi connectivity index (χ4n) is 2.33. The smallest absolute Gasteiger partial charge is 0.160 e. The van der Waals surface area contributed by atoms with Crippen LogP contribution in [-0.2, 0) is 7.05 Å². The number of carbonyl (C=O) groups is 1. The van der Waals surface area contributed by atoms with E-state index in [2.05, 4.69) is 29.0 Å². The molecule has 0 N–H and O–H groups in total. The SMILES string of the molecule is CCSc1ccccc1-c1nc2cc(C=O)cnc2n1C. The predicted octanol–water partition coefficient (Wildman–Crippen LogP) is 3.56. The summed E-state index contributed by atoms with van der Waals surface area (Å²) < 4.78 is 1.97. The summed E-state index contributed by atoms with van der Waals surface area (Å²) in [6, 6.07) is 9.99. The highest BCUT2D eigenvalue weighted by Gasteiger charge is 2.14. The Morgan fingerprint density at radius 1 is 1.33 bits per heavy atom. The molecule has 3 rings (SSSR count). The highest BCUT2D eigenvalue weighted by molar-refractivity contribution is 7.99. The lowest BCUT2D eigenvalue weighted by atomic mass is 10.2. The lowest BCUT2D eigenvalue weighted by Gasteiger charge is -2.07. The monoisotopic (exact) mass is 297 g/mol. The Bertz CT molecular complexity index is 810. The number of rotatable bonds is 4. The van der Waals surface area contributed by atoms with Gasteiger partial charge in [0.1, 0.15) is 11.3 Å². The van der Waals surface area contributed by atoms with Crippen LogP contribution in [0.1, 0.15) is 17.3 Å². The van der Waals surface area contributed by atoms with Crippen molar-refractivity contribution in [2.24, 2.45) is 7.05 Å². The molecule has 0 saturated carbocycles. The van der Waals surface area contributed by atoms with E-state index in [1.54, 1.807) is 24.0 Å².